The zero-order valence-corrected chi connectivity index (χ0v) is 13.4. The van der Waals surface area contributed by atoms with E-state index in [1.165, 1.54) is 6.07 Å². The first-order valence-corrected chi connectivity index (χ1v) is 7.21. The maximum Gasteiger partial charge on any atom is 0.310 e. The Labute approximate surface area is 122 Å². The molecule has 1 aromatic rings. The summed E-state index contributed by atoms with van der Waals surface area (Å²) in [6, 6.07) is 5.07. The third-order valence-corrected chi connectivity index (χ3v) is 4.57. The van der Waals surface area contributed by atoms with Crippen LogP contribution in [0.15, 0.2) is 18.2 Å². The maximum atomic E-state index is 10.9. The van der Waals surface area contributed by atoms with Gasteiger partial charge in [0.1, 0.15) is 0 Å². The number of halogens is 1. The third kappa shape index (κ3) is 4.49. The van der Waals surface area contributed by atoms with Crippen LogP contribution in [0.4, 0.5) is 5.69 Å². The molecule has 1 rings (SSSR count). The molecule has 0 spiro atoms. The Bertz CT molecular complexity index is 454. The topological polar surface area (TPSA) is 52.4 Å². The number of nitrogens with zero attached hydrogens (tertiary/aromatic N) is 1. The summed E-state index contributed by atoms with van der Waals surface area (Å²) in [5.74, 6) is 0.346. The Balaban J connectivity index is 2.99. The van der Waals surface area contributed by atoms with Gasteiger partial charge in [-0.2, -0.15) is 0 Å². The molecule has 4 nitrogen and oxygen atoms in total. The summed E-state index contributed by atoms with van der Waals surface area (Å²) < 4.78 is 5.35. The first-order valence-electron chi connectivity index (χ1n) is 6.30. The number of hydrogen-bond acceptors (Lipinski definition) is 3. The van der Waals surface area contributed by atoms with E-state index in [9.17, 15) is 10.1 Å². The molecule has 0 N–H and O–H groups in total. The lowest BCUT2D eigenvalue weighted by Crippen LogP contribution is -2.22. The van der Waals surface area contributed by atoms with Crippen molar-refractivity contribution in [3.05, 3.63) is 33.9 Å². The van der Waals surface area contributed by atoms with Crippen molar-refractivity contribution in [3.63, 3.8) is 0 Å². The standard InChI is InChI=1S/C14H20BrNO3/c1-5-19-12-8-10(6-7-11(12)16(17)18)9-13(15)14(2,3)4/h6-8,13H,5,9H2,1-4H3. The summed E-state index contributed by atoms with van der Waals surface area (Å²) in [6.45, 7) is 8.70. The molecule has 0 radical (unpaired) electrons. The van der Waals surface area contributed by atoms with E-state index >= 15 is 0 Å². The summed E-state index contributed by atoms with van der Waals surface area (Å²) >= 11 is 3.67. The van der Waals surface area contributed by atoms with Gasteiger partial charge in [-0.1, -0.05) is 42.8 Å². The predicted octanol–water partition coefficient (Wildman–Crippen LogP) is 4.35. The Kier molecular flexibility index (Phi) is 5.35. The fourth-order valence-corrected chi connectivity index (χ4v) is 1.99. The van der Waals surface area contributed by atoms with Crippen molar-refractivity contribution in [1.82, 2.24) is 0 Å². The molecule has 0 saturated heterocycles. The molecule has 1 aromatic carbocycles. The van der Waals surface area contributed by atoms with Crippen LogP contribution in [0.2, 0.25) is 0 Å². The van der Waals surface area contributed by atoms with Crippen LogP contribution in [0.5, 0.6) is 5.75 Å². The van der Waals surface area contributed by atoms with Crippen molar-refractivity contribution >= 4 is 21.6 Å². The van der Waals surface area contributed by atoms with Gasteiger partial charge in [0.25, 0.3) is 0 Å². The molecule has 0 amide bonds. The number of ether oxygens (including phenoxy) is 1. The summed E-state index contributed by atoms with van der Waals surface area (Å²) in [5.41, 5.74) is 1.19. The SMILES string of the molecule is CCOc1cc(CC(Br)C(C)(C)C)ccc1[N+](=O)[O-]. The molecule has 0 heterocycles. The predicted molar refractivity (Wildman–Crippen MR) is 80.1 cm³/mol. The minimum Gasteiger partial charge on any atom is -0.487 e. The van der Waals surface area contributed by atoms with Gasteiger partial charge in [0, 0.05) is 10.9 Å². The molecule has 0 saturated carbocycles. The zero-order valence-electron chi connectivity index (χ0n) is 11.8. The number of nitro benzene ring substituents is 1. The lowest BCUT2D eigenvalue weighted by Gasteiger charge is -2.25. The van der Waals surface area contributed by atoms with Crippen LogP contribution in [-0.2, 0) is 6.42 Å². The van der Waals surface area contributed by atoms with E-state index in [1.54, 1.807) is 12.1 Å². The number of nitro groups is 1. The van der Waals surface area contributed by atoms with E-state index in [1.807, 2.05) is 6.92 Å². The average molecular weight is 330 g/mol. The highest BCUT2D eigenvalue weighted by atomic mass is 79.9. The molecular weight excluding hydrogens is 310 g/mol. The molecule has 0 bridgehead atoms. The Morgan fingerprint density at radius 2 is 2.05 bits per heavy atom. The van der Waals surface area contributed by atoms with Crippen molar-refractivity contribution in [3.8, 4) is 5.75 Å². The molecule has 5 heteroatoms. The van der Waals surface area contributed by atoms with Crippen molar-refractivity contribution in [2.45, 2.75) is 38.9 Å². The summed E-state index contributed by atoms with van der Waals surface area (Å²) in [4.78, 5) is 10.8. The highest BCUT2D eigenvalue weighted by molar-refractivity contribution is 9.09. The van der Waals surface area contributed by atoms with Crippen molar-refractivity contribution in [2.24, 2.45) is 5.41 Å². The molecule has 0 aliphatic carbocycles. The molecule has 1 atom stereocenters. The van der Waals surface area contributed by atoms with Crippen LogP contribution in [0, 0.1) is 15.5 Å². The van der Waals surface area contributed by atoms with Crippen LogP contribution in [0.25, 0.3) is 0 Å². The van der Waals surface area contributed by atoms with Crippen molar-refractivity contribution in [1.29, 1.82) is 0 Å². The Morgan fingerprint density at radius 3 is 2.53 bits per heavy atom. The lowest BCUT2D eigenvalue weighted by molar-refractivity contribution is -0.385. The number of rotatable bonds is 5. The smallest absolute Gasteiger partial charge is 0.310 e. The summed E-state index contributed by atoms with van der Waals surface area (Å²) in [6.07, 6.45) is 0.807. The molecule has 19 heavy (non-hydrogen) atoms. The van der Waals surface area contributed by atoms with Gasteiger partial charge in [0.15, 0.2) is 5.75 Å². The Hall–Kier alpha value is -1.10. The van der Waals surface area contributed by atoms with E-state index < -0.39 is 4.92 Å². The molecule has 0 fully saturated rings. The largest absolute Gasteiger partial charge is 0.487 e. The minimum atomic E-state index is -0.413. The van der Waals surface area contributed by atoms with Crippen LogP contribution < -0.4 is 4.74 Å². The van der Waals surface area contributed by atoms with Crippen LogP contribution in [0.1, 0.15) is 33.3 Å². The highest BCUT2D eigenvalue weighted by Crippen LogP contribution is 2.32. The van der Waals surface area contributed by atoms with Crippen LogP contribution in [0.3, 0.4) is 0 Å². The van der Waals surface area contributed by atoms with E-state index in [-0.39, 0.29) is 11.1 Å². The van der Waals surface area contributed by atoms with Gasteiger partial charge >= 0.3 is 5.69 Å². The monoisotopic (exact) mass is 329 g/mol. The maximum absolute atomic E-state index is 10.9. The van der Waals surface area contributed by atoms with Gasteiger partial charge in [-0.3, -0.25) is 10.1 Å². The second-order valence-corrected chi connectivity index (χ2v) is 6.64. The number of hydrogen-bond donors (Lipinski definition) is 0. The fraction of sp³-hybridized carbons (Fsp3) is 0.571. The van der Waals surface area contributed by atoms with E-state index in [0.717, 1.165) is 12.0 Å². The Morgan fingerprint density at radius 1 is 1.42 bits per heavy atom. The number of alkyl halides is 1. The van der Waals surface area contributed by atoms with E-state index in [2.05, 4.69) is 36.7 Å². The molecular formula is C14H20BrNO3. The lowest BCUT2D eigenvalue weighted by atomic mass is 9.88. The van der Waals surface area contributed by atoms with Crippen molar-refractivity contribution < 1.29 is 9.66 Å². The van der Waals surface area contributed by atoms with E-state index in [0.29, 0.717) is 17.2 Å². The van der Waals surface area contributed by atoms with Gasteiger partial charge in [0.2, 0.25) is 0 Å². The van der Waals surface area contributed by atoms with E-state index in [4.69, 9.17) is 4.74 Å². The first kappa shape index (κ1) is 16.0. The normalized spacial score (nSPS) is 13.1. The third-order valence-electron chi connectivity index (χ3n) is 2.88. The average Bonchev–Trinajstić information content (AvgIpc) is 2.28. The van der Waals surface area contributed by atoms with Gasteiger partial charge < -0.3 is 4.74 Å². The molecule has 0 aromatic heterocycles. The van der Waals surface area contributed by atoms with Gasteiger partial charge in [0.05, 0.1) is 11.5 Å². The van der Waals surface area contributed by atoms with Crippen LogP contribution in [-0.4, -0.2) is 16.4 Å². The quantitative estimate of drug-likeness (QED) is 0.458. The molecule has 106 valence electrons. The van der Waals surface area contributed by atoms with Gasteiger partial charge in [-0.05, 0) is 30.4 Å². The second-order valence-electron chi connectivity index (χ2n) is 5.53. The summed E-state index contributed by atoms with van der Waals surface area (Å²) in [7, 11) is 0. The molecule has 0 aliphatic rings. The van der Waals surface area contributed by atoms with Crippen molar-refractivity contribution in [2.75, 3.05) is 6.61 Å². The second kappa shape index (κ2) is 6.37. The van der Waals surface area contributed by atoms with Gasteiger partial charge in [-0.15, -0.1) is 0 Å². The minimum absolute atomic E-state index is 0.0208. The van der Waals surface area contributed by atoms with Gasteiger partial charge in [-0.25, -0.2) is 0 Å². The molecule has 1 unspecified atom stereocenters. The number of benzene rings is 1. The fourth-order valence-electron chi connectivity index (χ4n) is 1.62. The molecule has 0 aliphatic heterocycles. The zero-order chi connectivity index (χ0) is 14.6. The highest BCUT2D eigenvalue weighted by Gasteiger charge is 2.23. The first-order chi connectivity index (χ1) is 8.75. The van der Waals surface area contributed by atoms with Crippen LogP contribution >= 0.6 is 15.9 Å². The summed E-state index contributed by atoms with van der Waals surface area (Å²) in [5, 5.41) is 10.9.